The quantitative estimate of drug-likeness (QED) is 0.461. The number of anilines is 1. The first-order chi connectivity index (χ1) is 15.8. The van der Waals surface area contributed by atoms with Crippen LogP contribution in [0.25, 0.3) is 0 Å². The molecule has 1 fully saturated rings. The summed E-state index contributed by atoms with van der Waals surface area (Å²) in [6.07, 6.45) is -4.38. The van der Waals surface area contributed by atoms with E-state index in [-0.39, 0.29) is 12.5 Å². The summed E-state index contributed by atoms with van der Waals surface area (Å²) in [6.45, 7) is 2.03. The number of ether oxygens (including phenoxy) is 1. The van der Waals surface area contributed by atoms with Crippen LogP contribution >= 0.6 is 11.6 Å². The van der Waals surface area contributed by atoms with Gasteiger partial charge >= 0.3 is 6.18 Å². The van der Waals surface area contributed by atoms with Crippen molar-refractivity contribution in [1.29, 1.82) is 0 Å². The fraction of sp³-hybridized carbons (Fsp3) is 0.240. The predicted octanol–water partition coefficient (Wildman–Crippen LogP) is 5.90. The smallest absolute Gasteiger partial charge is 0.416 e. The van der Waals surface area contributed by atoms with E-state index in [0.717, 1.165) is 17.7 Å². The second kappa shape index (κ2) is 9.75. The van der Waals surface area contributed by atoms with Gasteiger partial charge in [-0.15, -0.1) is 0 Å². The lowest BCUT2D eigenvalue weighted by molar-refractivity contribution is -0.137. The molecule has 0 atom stereocenters. The standard InChI is InChI=1S/C25H22ClF3N2O2/c26-23-10-2-1-5-19(23)17-33-22-9-3-6-18(15-22)24(32)31-13-11-30(12-14-31)21-8-4-7-20(16-21)25(27,28)29/h1-10,15-16H,11-14,17H2. The van der Waals surface area contributed by atoms with Crippen molar-refractivity contribution in [3.8, 4) is 5.75 Å². The Labute approximate surface area is 195 Å². The van der Waals surface area contributed by atoms with Crippen LogP contribution in [0.5, 0.6) is 5.75 Å². The molecule has 0 unspecified atom stereocenters. The third kappa shape index (κ3) is 5.60. The molecular weight excluding hydrogens is 453 g/mol. The molecule has 0 aromatic heterocycles. The maximum Gasteiger partial charge on any atom is 0.416 e. The van der Waals surface area contributed by atoms with Crippen molar-refractivity contribution < 1.29 is 22.7 Å². The van der Waals surface area contributed by atoms with Gasteiger partial charge in [-0.2, -0.15) is 13.2 Å². The highest BCUT2D eigenvalue weighted by molar-refractivity contribution is 6.31. The summed E-state index contributed by atoms with van der Waals surface area (Å²) < 4.78 is 44.8. The first kappa shape index (κ1) is 23.0. The SMILES string of the molecule is O=C(c1cccc(OCc2ccccc2Cl)c1)N1CCN(c2cccc(C(F)(F)F)c2)CC1. The van der Waals surface area contributed by atoms with E-state index in [2.05, 4.69) is 0 Å². The molecule has 0 spiro atoms. The van der Waals surface area contributed by atoms with E-state index < -0.39 is 11.7 Å². The number of halogens is 4. The molecule has 1 aliphatic rings. The van der Waals surface area contributed by atoms with Crippen molar-refractivity contribution in [2.75, 3.05) is 31.1 Å². The molecule has 1 amide bonds. The highest BCUT2D eigenvalue weighted by Crippen LogP contribution is 2.32. The minimum atomic E-state index is -4.38. The lowest BCUT2D eigenvalue weighted by atomic mass is 10.1. The van der Waals surface area contributed by atoms with Crippen molar-refractivity contribution in [2.24, 2.45) is 0 Å². The number of piperazine rings is 1. The van der Waals surface area contributed by atoms with Crippen LogP contribution in [0.1, 0.15) is 21.5 Å². The maximum absolute atomic E-state index is 13.0. The second-order valence-electron chi connectivity index (χ2n) is 7.74. The summed E-state index contributed by atoms with van der Waals surface area (Å²) >= 11 is 6.16. The van der Waals surface area contributed by atoms with E-state index in [4.69, 9.17) is 16.3 Å². The Bertz CT molecular complexity index is 1130. The maximum atomic E-state index is 13.0. The molecule has 0 radical (unpaired) electrons. The van der Waals surface area contributed by atoms with Crippen LogP contribution in [0.3, 0.4) is 0 Å². The van der Waals surface area contributed by atoms with Gasteiger partial charge in [-0.25, -0.2) is 0 Å². The van der Waals surface area contributed by atoms with Gasteiger partial charge in [-0.3, -0.25) is 4.79 Å². The van der Waals surface area contributed by atoms with E-state index >= 15 is 0 Å². The Hall–Kier alpha value is -3.19. The number of alkyl halides is 3. The second-order valence-corrected chi connectivity index (χ2v) is 8.14. The van der Waals surface area contributed by atoms with Crippen molar-refractivity contribution in [3.63, 3.8) is 0 Å². The van der Waals surface area contributed by atoms with Gasteiger partial charge in [0.25, 0.3) is 5.91 Å². The molecule has 8 heteroatoms. The number of carbonyl (C=O) groups excluding carboxylic acids is 1. The Balaban J connectivity index is 1.37. The number of rotatable bonds is 5. The molecule has 1 saturated heterocycles. The van der Waals surface area contributed by atoms with Gasteiger partial charge in [0.2, 0.25) is 0 Å². The van der Waals surface area contributed by atoms with E-state index in [0.29, 0.717) is 48.2 Å². The molecule has 4 nitrogen and oxygen atoms in total. The lowest BCUT2D eigenvalue weighted by Crippen LogP contribution is -2.48. The number of carbonyl (C=O) groups is 1. The molecule has 3 aromatic rings. The van der Waals surface area contributed by atoms with Crippen LogP contribution in [0, 0.1) is 0 Å². The monoisotopic (exact) mass is 474 g/mol. The topological polar surface area (TPSA) is 32.8 Å². The molecule has 1 aliphatic heterocycles. The summed E-state index contributed by atoms with van der Waals surface area (Å²) in [4.78, 5) is 16.6. The molecule has 3 aromatic carbocycles. The van der Waals surface area contributed by atoms with Crippen LogP contribution in [0.4, 0.5) is 18.9 Å². The zero-order valence-corrected chi connectivity index (χ0v) is 18.4. The third-order valence-corrected chi connectivity index (χ3v) is 5.91. The zero-order valence-electron chi connectivity index (χ0n) is 17.7. The van der Waals surface area contributed by atoms with E-state index in [9.17, 15) is 18.0 Å². The van der Waals surface area contributed by atoms with Gasteiger partial charge in [0.05, 0.1) is 5.56 Å². The van der Waals surface area contributed by atoms with Crippen LogP contribution in [-0.2, 0) is 12.8 Å². The fourth-order valence-electron chi connectivity index (χ4n) is 3.72. The zero-order chi connectivity index (χ0) is 23.4. The Kier molecular flexibility index (Phi) is 6.79. The predicted molar refractivity (Wildman–Crippen MR) is 122 cm³/mol. The summed E-state index contributed by atoms with van der Waals surface area (Å²) in [5.41, 5.74) is 1.18. The summed E-state index contributed by atoms with van der Waals surface area (Å²) in [6, 6.07) is 19.6. The summed E-state index contributed by atoms with van der Waals surface area (Å²) in [7, 11) is 0. The Morgan fingerprint density at radius 1 is 0.909 bits per heavy atom. The molecular formula is C25H22ClF3N2O2. The molecule has 4 rings (SSSR count). The van der Waals surface area contributed by atoms with Crippen LogP contribution in [0.15, 0.2) is 72.8 Å². The largest absolute Gasteiger partial charge is 0.489 e. The minimum absolute atomic E-state index is 0.137. The Morgan fingerprint density at radius 2 is 1.64 bits per heavy atom. The number of benzene rings is 3. The average molecular weight is 475 g/mol. The van der Waals surface area contributed by atoms with Crippen molar-refractivity contribution in [2.45, 2.75) is 12.8 Å². The first-order valence-corrected chi connectivity index (χ1v) is 10.9. The van der Waals surface area contributed by atoms with Crippen LogP contribution in [-0.4, -0.2) is 37.0 Å². The number of hydrogen-bond donors (Lipinski definition) is 0. The Morgan fingerprint density at radius 3 is 2.36 bits per heavy atom. The highest BCUT2D eigenvalue weighted by Gasteiger charge is 2.31. The molecule has 33 heavy (non-hydrogen) atoms. The molecule has 0 saturated carbocycles. The number of hydrogen-bond acceptors (Lipinski definition) is 3. The van der Waals surface area contributed by atoms with Crippen molar-refractivity contribution >= 4 is 23.2 Å². The third-order valence-electron chi connectivity index (χ3n) is 5.54. The normalized spacial score (nSPS) is 14.3. The van der Waals surface area contributed by atoms with Gasteiger partial charge in [0.15, 0.2) is 0 Å². The van der Waals surface area contributed by atoms with E-state index in [1.807, 2.05) is 23.1 Å². The fourth-order valence-corrected chi connectivity index (χ4v) is 3.91. The molecule has 0 aliphatic carbocycles. The average Bonchev–Trinajstić information content (AvgIpc) is 2.83. The van der Waals surface area contributed by atoms with Gasteiger partial charge in [0, 0.05) is 48.0 Å². The van der Waals surface area contributed by atoms with Crippen LogP contribution < -0.4 is 9.64 Å². The van der Waals surface area contributed by atoms with Gasteiger partial charge in [0.1, 0.15) is 12.4 Å². The minimum Gasteiger partial charge on any atom is -0.489 e. The summed E-state index contributed by atoms with van der Waals surface area (Å²) in [5.74, 6) is 0.422. The molecule has 172 valence electrons. The summed E-state index contributed by atoms with van der Waals surface area (Å²) in [5, 5.41) is 0.614. The van der Waals surface area contributed by atoms with E-state index in [1.165, 1.54) is 6.07 Å². The number of amides is 1. The highest BCUT2D eigenvalue weighted by atomic mass is 35.5. The molecule has 0 bridgehead atoms. The van der Waals surface area contributed by atoms with Gasteiger partial charge < -0.3 is 14.5 Å². The van der Waals surface area contributed by atoms with Crippen molar-refractivity contribution in [1.82, 2.24) is 4.90 Å². The number of nitrogens with zero attached hydrogens (tertiary/aromatic N) is 2. The van der Waals surface area contributed by atoms with Crippen LogP contribution in [0.2, 0.25) is 5.02 Å². The van der Waals surface area contributed by atoms with Gasteiger partial charge in [-0.05, 0) is 42.5 Å². The van der Waals surface area contributed by atoms with Crippen molar-refractivity contribution in [3.05, 3.63) is 94.5 Å². The first-order valence-electron chi connectivity index (χ1n) is 10.5. The van der Waals surface area contributed by atoms with Gasteiger partial charge in [-0.1, -0.05) is 41.9 Å². The molecule has 0 N–H and O–H groups in total. The molecule has 1 heterocycles. The van der Waals surface area contributed by atoms with E-state index in [1.54, 1.807) is 41.3 Å². The lowest BCUT2D eigenvalue weighted by Gasteiger charge is -2.36.